The Bertz CT molecular complexity index is 989. The van der Waals surface area contributed by atoms with Crippen molar-refractivity contribution in [1.29, 1.82) is 0 Å². The maximum atomic E-state index is 9.75. The van der Waals surface area contributed by atoms with Gasteiger partial charge in [0.1, 0.15) is 12.6 Å². The molecular formula is C18H15BCl3F4N3O. The van der Waals surface area contributed by atoms with Crippen molar-refractivity contribution in [2.24, 2.45) is 0 Å². The molecule has 1 aliphatic heterocycles. The maximum Gasteiger partial charge on any atom is 0.673 e. The van der Waals surface area contributed by atoms with Crippen molar-refractivity contribution in [2.45, 2.75) is 19.1 Å². The van der Waals surface area contributed by atoms with Crippen LogP contribution in [0.1, 0.15) is 17.4 Å². The highest BCUT2D eigenvalue weighted by Gasteiger charge is 2.31. The molecule has 4 nitrogen and oxygen atoms in total. The zero-order chi connectivity index (χ0) is 21.9. The molecule has 0 fully saturated rings. The number of fused-ring (bicyclic) bond motifs is 1. The largest absolute Gasteiger partial charge is 0.673 e. The molecule has 2 aromatic carbocycles. The van der Waals surface area contributed by atoms with Crippen LogP contribution in [0.3, 0.4) is 0 Å². The predicted molar refractivity (Wildman–Crippen MR) is 108 cm³/mol. The van der Waals surface area contributed by atoms with Crippen LogP contribution < -0.4 is 4.57 Å². The van der Waals surface area contributed by atoms with E-state index in [4.69, 9.17) is 39.5 Å². The van der Waals surface area contributed by atoms with Crippen molar-refractivity contribution in [2.75, 3.05) is 6.61 Å². The molecule has 1 atom stereocenters. The lowest BCUT2D eigenvalue weighted by molar-refractivity contribution is -0.742. The van der Waals surface area contributed by atoms with Gasteiger partial charge in [-0.15, -0.1) is 0 Å². The summed E-state index contributed by atoms with van der Waals surface area (Å²) in [5, 5.41) is 6.01. The molecule has 12 heteroatoms. The number of hydrogen-bond acceptors (Lipinski definition) is 2. The first-order valence-electron chi connectivity index (χ1n) is 8.75. The van der Waals surface area contributed by atoms with E-state index in [9.17, 15) is 17.3 Å². The van der Waals surface area contributed by atoms with Crippen molar-refractivity contribution in [1.82, 2.24) is 9.78 Å². The Morgan fingerprint density at radius 2 is 1.67 bits per heavy atom. The first-order chi connectivity index (χ1) is 14.1. The quantitative estimate of drug-likeness (QED) is 0.271. The Hall–Kier alpha value is -1.81. The fourth-order valence-electron chi connectivity index (χ4n) is 3.07. The van der Waals surface area contributed by atoms with Gasteiger partial charge in [0.05, 0.1) is 16.7 Å². The molecule has 30 heavy (non-hydrogen) atoms. The van der Waals surface area contributed by atoms with Gasteiger partial charge in [0.15, 0.2) is 5.69 Å². The van der Waals surface area contributed by atoms with E-state index in [0.29, 0.717) is 34.0 Å². The monoisotopic (exact) mass is 481 g/mol. The number of rotatable bonds is 3. The van der Waals surface area contributed by atoms with Gasteiger partial charge in [0, 0.05) is 16.5 Å². The molecule has 0 amide bonds. The molecule has 1 unspecified atom stereocenters. The molecule has 0 spiro atoms. The van der Waals surface area contributed by atoms with E-state index in [2.05, 4.69) is 21.8 Å². The third kappa shape index (κ3) is 6.10. The molecule has 0 aliphatic carbocycles. The van der Waals surface area contributed by atoms with Crippen LogP contribution in [0, 0.1) is 0 Å². The predicted octanol–water partition coefficient (Wildman–Crippen LogP) is 5.73. The Kier molecular flexibility index (Phi) is 7.28. The SMILES string of the molecule is Clc1cc(Cl)c(-n2c[n+]3c(n2)COCC3Cc2ccccc2)c(Cl)c1.F[B-](F)(F)F. The molecule has 1 aromatic heterocycles. The number of aromatic nitrogens is 3. The Morgan fingerprint density at radius 1 is 1.07 bits per heavy atom. The summed E-state index contributed by atoms with van der Waals surface area (Å²) in [6, 6.07) is 13.8. The summed E-state index contributed by atoms with van der Waals surface area (Å²) in [5.41, 5.74) is 1.87. The second-order valence-electron chi connectivity index (χ2n) is 6.46. The van der Waals surface area contributed by atoms with E-state index in [1.165, 1.54) is 5.56 Å². The average Bonchev–Trinajstić information content (AvgIpc) is 3.05. The first-order valence-corrected chi connectivity index (χ1v) is 9.89. The number of ether oxygens (including phenoxy) is 1. The second kappa shape index (κ2) is 9.55. The van der Waals surface area contributed by atoms with E-state index in [-0.39, 0.29) is 6.04 Å². The fraction of sp³-hybridized carbons (Fsp3) is 0.222. The summed E-state index contributed by atoms with van der Waals surface area (Å²) < 4.78 is 48.6. The zero-order valence-corrected chi connectivity index (χ0v) is 17.6. The lowest BCUT2D eigenvalue weighted by Crippen LogP contribution is -2.48. The highest BCUT2D eigenvalue weighted by atomic mass is 35.5. The van der Waals surface area contributed by atoms with Gasteiger partial charge >= 0.3 is 13.1 Å². The van der Waals surface area contributed by atoms with Crippen LogP contribution in [-0.4, -0.2) is 23.6 Å². The minimum absolute atomic E-state index is 0.171. The zero-order valence-electron chi connectivity index (χ0n) is 15.3. The highest BCUT2D eigenvalue weighted by Crippen LogP contribution is 2.31. The van der Waals surface area contributed by atoms with Crippen molar-refractivity contribution < 1.29 is 26.6 Å². The molecule has 3 aromatic rings. The number of halogens is 7. The summed E-state index contributed by atoms with van der Waals surface area (Å²) in [5.74, 6) is 0.842. The molecule has 0 saturated heterocycles. The van der Waals surface area contributed by atoms with E-state index >= 15 is 0 Å². The third-order valence-electron chi connectivity index (χ3n) is 4.21. The Labute approximate surface area is 185 Å². The van der Waals surface area contributed by atoms with Crippen LogP contribution in [0.25, 0.3) is 5.69 Å². The van der Waals surface area contributed by atoms with E-state index in [1.807, 2.05) is 24.5 Å². The van der Waals surface area contributed by atoms with Crippen LogP contribution in [0.2, 0.25) is 15.1 Å². The van der Waals surface area contributed by atoms with Crippen LogP contribution in [0.4, 0.5) is 17.3 Å². The van der Waals surface area contributed by atoms with Gasteiger partial charge in [-0.3, -0.25) is 0 Å². The Morgan fingerprint density at radius 3 is 2.27 bits per heavy atom. The highest BCUT2D eigenvalue weighted by molar-refractivity contribution is 6.50. The number of benzene rings is 2. The minimum Gasteiger partial charge on any atom is -0.418 e. The van der Waals surface area contributed by atoms with Gasteiger partial charge in [0.25, 0.3) is 0 Å². The van der Waals surface area contributed by atoms with Crippen molar-refractivity contribution in [3.05, 3.63) is 75.2 Å². The normalized spacial score (nSPS) is 15.9. The van der Waals surface area contributed by atoms with Crippen LogP contribution in [0.15, 0.2) is 48.8 Å². The van der Waals surface area contributed by atoms with Gasteiger partial charge in [-0.1, -0.05) is 69.8 Å². The van der Waals surface area contributed by atoms with Crippen LogP contribution in [0.5, 0.6) is 0 Å². The summed E-state index contributed by atoms with van der Waals surface area (Å²) in [6.45, 7) is 1.10. The molecule has 0 bridgehead atoms. The average molecular weight is 483 g/mol. The lowest BCUT2D eigenvalue weighted by atomic mass is 10.1. The second-order valence-corrected chi connectivity index (χ2v) is 7.71. The van der Waals surface area contributed by atoms with E-state index in [0.717, 1.165) is 12.2 Å². The maximum absolute atomic E-state index is 9.75. The number of hydrogen-bond donors (Lipinski definition) is 0. The summed E-state index contributed by atoms with van der Waals surface area (Å²) in [7, 11) is -6.00. The summed E-state index contributed by atoms with van der Waals surface area (Å²) in [6.07, 6.45) is 2.79. The molecule has 160 valence electrons. The van der Waals surface area contributed by atoms with E-state index < -0.39 is 7.25 Å². The van der Waals surface area contributed by atoms with Crippen LogP contribution in [-0.2, 0) is 17.8 Å². The molecule has 2 heterocycles. The summed E-state index contributed by atoms with van der Waals surface area (Å²) in [4.78, 5) is 0. The molecule has 1 aliphatic rings. The molecular weight excluding hydrogens is 467 g/mol. The van der Waals surface area contributed by atoms with Crippen LogP contribution >= 0.6 is 34.8 Å². The lowest BCUT2D eigenvalue weighted by Gasteiger charge is -2.19. The smallest absolute Gasteiger partial charge is 0.418 e. The van der Waals surface area contributed by atoms with Gasteiger partial charge in [-0.25, -0.2) is 4.57 Å². The van der Waals surface area contributed by atoms with Crippen molar-refractivity contribution in [3.63, 3.8) is 0 Å². The van der Waals surface area contributed by atoms with Gasteiger partial charge < -0.3 is 22.0 Å². The third-order valence-corrected chi connectivity index (χ3v) is 5.01. The Balaban J connectivity index is 0.000000461. The van der Waals surface area contributed by atoms with Gasteiger partial charge in [-0.05, 0) is 17.7 Å². The number of nitrogens with zero attached hydrogens (tertiary/aromatic N) is 3. The fourth-order valence-corrected chi connectivity index (χ4v) is 4.06. The first kappa shape index (κ1) is 22.9. The van der Waals surface area contributed by atoms with Crippen molar-refractivity contribution >= 4 is 42.1 Å². The minimum atomic E-state index is -6.00. The molecule has 0 N–H and O–H groups in total. The summed E-state index contributed by atoms with van der Waals surface area (Å²) >= 11 is 18.7. The molecule has 0 radical (unpaired) electrons. The molecule has 4 rings (SSSR count). The topological polar surface area (TPSA) is 30.9 Å². The van der Waals surface area contributed by atoms with Gasteiger partial charge in [0.2, 0.25) is 6.33 Å². The van der Waals surface area contributed by atoms with Crippen molar-refractivity contribution in [3.8, 4) is 5.69 Å². The molecule has 0 saturated carbocycles. The van der Waals surface area contributed by atoms with E-state index in [1.54, 1.807) is 16.8 Å². The van der Waals surface area contributed by atoms with Gasteiger partial charge in [-0.2, -0.15) is 0 Å². The standard InChI is InChI=1S/C18H15Cl3N3O.BF4/c19-13-7-15(20)18(16(21)8-13)24-11-23-14(9-25-10-17(23)22-24)6-12-4-2-1-3-5-12;2-1(3,4)5/h1-5,7-8,11,14H,6,9-10H2;/q+1;-1.